The van der Waals surface area contributed by atoms with E-state index in [1.807, 2.05) is 30.3 Å². The first-order valence-corrected chi connectivity index (χ1v) is 5.71. The van der Waals surface area contributed by atoms with Gasteiger partial charge in [0.1, 0.15) is 0 Å². The minimum Gasteiger partial charge on any atom is -0.326 e. The highest BCUT2D eigenvalue weighted by atomic mass is 35.5. The standard InChI is InChI=1S/C13H11Cl2N/c14-10-5-6-13(15)12(7-10)11-4-2-1-3-9(11)8-16/h1-7H,8,16H2. The molecular weight excluding hydrogens is 241 g/mol. The Hall–Kier alpha value is -1.02. The van der Waals surface area contributed by atoms with Crippen molar-refractivity contribution in [2.45, 2.75) is 6.54 Å². The molecule has 0 aliphatic rings. The van der Waals surface area contributed by atoms with Gasteiger partial charge in [0.25, 0.3) is 0 Å². The number of hydrogen-bond acceptors (Lipinski definition) is 1. The van der Waals surface area contributed by atoms with E-state index in [4.69, 9.17) is 28.9 Å². The number of nitrogens with two attached hydrogens (primary N) is 1. The molecule has 0 heterocycles. The highest BCUT2D eigenvalue weighted by molar-refractivity contribution is 6.35. The molecule has 0 spiro atoms. The number of rotatable bonds is 2. The normalized spacial score (nSPS) is 10.4. The Morgan fingerprint density at radius 3 is 2.44 bits per heavy atom. The van der Waals surface area contributed by atoms with Gasteiger partial charge >= 0.3 is 0 Å². The third kappa shape index (κ3) is 2.22. The molecule has 0 aliphatic heterocycles. The molecule has 2 N–H and O–H groups in total. The van der Waals surface area contributed by atoms with Crippen molar-refractivity contribution in [1.29, 1.82) is 0 Å². The van der Waals surface area contributed by atoms with Crippen LogP contribution in [0.1, 0.15) is 5.56 Å². The highest BCUT2D eigenvalue weighted by Gasteiger charge is 2.07. The van der Waals surface area contributed by atoms with Crippen LogP contribution in [0.2, 0.25) is 10.0 Å². The van der Waals surface area contributed by atoms with E-state index < -0.39 is 0 Å². The van der Waals surface area contributed by atoms with Crippen LogP contribution in [0.15, 0.2) is 42.5 Å². The van der Waals surface area contributed by atoms with Gasteiger partial charge in [-0.05, 0) is 29.3 Å². The quantitative estimate of drug-likeness (QED) is 0.854. The van der Waals surface area contributed by atoms with E-state index in [1.54, 1.807) is 12.1 Å². The molecule has 2 rings (SSSR count). The third-order valence-electron chi connectivity index (χ3n) is 2.46. The molecule has 0 bridgehead atoms. The molecule has 2 aromatic carbocycles. The predicted octanol–water partition coefficient (Wildman–Crippen LogP) is 4.12. The Morgan fingerprint density at radius 2 is 1.69 bits per heavy atom. The van der Waals surface area contributed by atoms with Crippen molar-refractivity contribution in [2.24, 2.45) is 5.73 Å². The van der Waals surface area contributed by atoms with Crippen LogP contribution in [0, 0.1) is 0 Å². The summed E-state index contributed by atoms with van der Waals surface area (Å²) in [5, 5.41) is 1.36. The maximum atomic E-state index is 6.16. The predicted molar refractivity (Wildman–Crippen MR) is 69.8 cm³/mol. The average molecular weight is 252 g/mol. The fraction of sp³-hybridized carbons (Fsp3) is 0.0769. The van der Waals surface area contributed by atoms with Gasteiger partial charge in [-0.2, -0.15) is 0 Å². The Bertz CT molecular complexity index is 509. The molecule has 0 atom stereocenters. The zero-order valence-corrected chi connectivity index (χ0v) is 10.1. The molecule has 16 heavy (non-hydrogen) atoms. The van der Waals surface area contributed by atoms with E-state index in [0.717, 1.165) is 16.7 Å². The maximum absolute atomic E-state index is 6.16. The molecule has 0 saturated carbocycles. The summed E-state index contributed by atoms with van der Waals surface area (Å²) in [6.07, 6.45) is 0. The van der Waals surface area contributed by atoms with Gasteiger partial charge < -0.3 is 5.73 Å². The molecule has 0 fully saturated rings. The summed E-state index contributed by atoms with van der Waals surface area (Å²) in [5.74, 6) is 0. The van der Waals surface area contributed by atoms with Crippen LogP contribution in [0.3, 0.4) is 0 Å². The number of hydrogen-bond donors (Lipinski definition) is 1. The fourth-order valence-electron chi connectivity index (χ4n) is 1.66. The fourth-order valence-corrected chi connectivity index (χ4v) is 2.06. The van der Waals surface area contributed by atoms with E-state index in [2.05, 4.69) is 0 Å². The van der Waals surface area contributed by atoms with E-state index in [9.17, 15) is 0 Å². The lowest BCUT2D eigenvalue weighted by molar-refractivity contribution is 1.07. The van der Waals surface area contributed by atoms with Gasteiger partial charge in [-0.1, -0.05) is 47.5 Å². The summed E-state index contributed by atoms with van der Waals surface area (Å²) in [4.78, 5) is 0. The highest BCUT2D eigenvalue weighted by Crippen LogP contribution is 2.32. The summed E-state index contributed by atoms with van der Waals surface area (Å²) in [6, 6.07) is 13.4. The van der Waals surface area contributed by atoms with Crippen LogP contribution in [0.5, 0.6) is 0 Å². The zero-order chi connectivity index (χ0) is 11.5. The lowest BCUT2D eigenvalue weighted by atomic mass is 10.00. The minimum atomic E-state index is 0.485. The number of halogens is 2. The van der Waals surface area contributed by atoms with E-state index in [1.165, 1.54) is 0 Å². The Morgan fingerprint density at radius 1 is 0.938 bits per heavy atom. The zero-order valence-electron chi connectivity index (χ0n) is 8.58. The molecule has 0 aromatic heterocycles. The molecule has 2 aromatic rings. The van der Waals surface area contributed by atoms with Gasteiger partial charge in [-0.3, -0.25) is 0 Å². The van der Waals surface area contributed by atoms with Crippen molar-refractivity contribution >= 4 is 23.2 Å². The second-order valence-electron chi connectivity index (χ2n) is 3.49. The van der Waals surface area contributed by atoms with Crippen molar-refractivity contribution < 1.29 is 0 Å². The van der Waals surface area contributed by atoms with Crippen molar-refractivity contribution in [3.8, 4) is 11.1 Å². The Balaban J connectivity index is 2.62. The third-order valence-corrected chi connectivity index (χ3v) is 3.02. The second-order valence-corrected chi connectivity index (χ2v) is 4.33. The van der Waals surface area contributed by atoms with Gasteiger partial charge in [-0.25, -0.2) is 0 Å². The second kappa shape index (κ2) is 4.88. The molecular formula is C13H11Cl2N. The first kappa shape index (κ1) is 11.5. The van der Waals surface area contributed by atoms with Gasteiger partial charge in [-0.15, -0.1) is 0 Å². The molecule has 0 amide bonds. The maximum Gasteiger partial charge on any atom is 0.0485 e. The van der Waals surface area contributed by atoms with E-state index in [-0.39, 0.29) is 0 Å². The van der Waals surface area contributed by atoms with E-state index >= 15 is 0 Å². The molecule has 0 saturated heterocycles. The summed E-state index contributed by atoms with van der Waals surface area (Å²) < 4.78 is 0. The smallest absolute Gasteiger partial charge is 0.0485 e. The monoisotopic (exact) mass is 251 g/mol. The Labute approximate surface area is 105 Å². The molecule has 0 unspecified atom stereocenters. The van der Waals surface area contributed by atoms with Crippen molar-refractivity contribution in [3.63, 3.8) is 0 Å². The van der Waals surface area contributed by atoms with Crippen LogP contribution in [-0.4, -0.2) is 0 Å². The summed E-state index contributed by atoms with van der Waals surface area (Å²) in [6.45, 7) is 0.485. The largest absolute Gasteiger partial charge is 0.326 e. The average Bonchev–Trinajstić information content (AvgIpc) is 2.32. The molecule has 0 aliphatic carbocycles. The van der Waals surface area contributed by atoms with E-state index in [0.29, 0.717) is 16.6 Å². The summed E-state index contributed by atoms with van der Waals surface area (Å²) in [7, 11) is 0. The molecule has 1 nitrogen and oxygen atoms in total. The van der Waals surface area contributed by atoms with Crippen LogP contribution in [-0.2, 0) is 6.54 Å². The first-order valence-electron chi connectivity index (χ1n) is 4.96. The van der Waals surface area contributed by atoms with Gasteiger partial charge in [0, 0.05) is 22.2 Å². The van der Waals surface area contributed by atoms with Gasteiger partial charge in [0.2, 0.25) is 0 Å². The van der Waals surface area contributed by atoms with Gasteiger partial charge in [0.15, 0.2) is 0 Å². The van der Waals surface area contributed by atoms with Crippen molar-refractivity contribution in [3.05, 3.63) is 58.1 Å². The molecule has 82 valence electrons. The molecule has 0 radical (unpaired) electrons. The first-order chi connectivity index (χ1) is 7.72. The molecule has 3 heteroatoms. The number of benzene rings is 2. The lowest BCUT2D eigenvalue weighted by Crippen LogP contribution is -1.98. The van der Waals surface area contributed by atoms with Crippen molar-refractivity contribution in [2.75, 3.05) is 0 Å². The minimum absolute atomic E-state index is 0.485. The van der Waals surface area contributed by atoms with Crippen LogP contribution < -0.4 is 5.73 Å². The topological polar surface area (TPSA) is 26.0 Å². The lowest BCUT2D eigenvalue weighted by Gasteiger charge is -2.09. The van der Waals surface area contributed by atoms with Crippen LogP contribution in [0.25, 0.3) is 11.1 Å². The van der Waals surface area contributed by atoms with Crippen LogP contribution in [0.4, 0.5) is 0 Å². The van der Waals surface area contributed by atoms with Gasteiger partial charge in [0.05, 0.1) is 0 Å². The summed E-state index contributed by atoms with van der Waals surface area (Å²) in [5.41, 5.74) is 8.73. The summed E-state index contributed by atoms with van der Waals surface area (Å²) >= 11 is 12.1. The SMILES string of the molecule is NCc1ccccc1-c1cc(Cl)ccc1Cl. The van der Waals surface area contributed by atoms with Crippen LogP contribution >= 0.6 is 23.2 Å². The van der Waals surface area contributed by atoms with Crippen molar-refractivity contribution in [1.82, 2.24) is 0 Å². The Kier molecular flexibility index (Phi) is 3.49.